The molecule has 0 heterocycles. The predicted molar refractivity (Wildman–Crippen MR) is 80.9 cm³/mol. The van der Waals surface area contributed by atoms with Gasteiger partial charge in [-0.3, -0.25) is 0 Å². The average molecular weight is 258 g/mol. The molecule has 0 N–H and O–H groups in total. The van der Waals surface area contributed by atoms with Crippen molar-refractivity contribution in [3.63, 3.8) is 0 Å². The van der Waals surface area contributed by atoms with Gasteiger partial charge < -0.3 is 0 Å². The van der Waals surface area contributed by atoms with Crippen molar-refractivity contribution in [3.8, 4) is 0 Å². The minimum atomic E-state index is 0.562. The van der Waals surface area contributed by atoms with E-state index in [1.807, 2.05) is 5.57 Å². The van der Waals surface area contributed by atoms with Crippen molar-refractivity contribution in [2.75, 3.05) is 0 Å². The molecule has 0 saturated heterocycles. The molecule has 19 heavy (non-hydrogen) atoms. The zero-order valence-electron chi connectivity index (χ0n) is 13.3. The zero-order chi connectivity index (χ0) is 13.5. The topological polar surface area (TPSA) is 0 Å². The van der Waals surface area contributed by atoms with Crippen LogP contribution in [0, 0.1) is 34.0 Å². The van der Waals surface area contributed by atoms with Gasteiger partial charge in [0, 0.05) is 0 Å². The van der Waals surface area contributed by atoms with Crippen LogP contribution < -0.4 is 0 Å². The molecule has 4 rings (SSSR count). The first-order valence-corrected chi connectivity index (χ1v) is 8.54. The highest BCUT2D eigenvalue weighted by molar-refractivity contribution is 5.26. The summed E-state index contributed by atoms with van der Waals surface area (Å²) in [5.74, 6) is 3.01. The Kier molecular flexibility index (Phi) is 2.29. The van der Waals surface area contributed by atoms with Gasteiger partial charge in [-0.05, 0) is 78.9 Å². The molecule has 0 aliphatic heterocycles. The summed E-state index contributed by atoms with van der Waals surface area (Å²) in [5, 5.41) is 0. The van der Waals surface area contributed by atoms with Crippen LogP contribution in [0.25, 0.3) is 0 Å². The van der Waals surface area contributed by atoms with Crippen LogP contribution in [0.4, 0.5) is 0 Å². The first-order chi connectivity index (χ1) is 8.85. The molecule has 4 aliphatic rings. The van der Waals surface area contributed by atoms with E-state index in [9.17, 15) is 0 Å². The fourth-order valence-electron chi connectivity index (χ4n) is 6.42. The Morgan fingerprint density at radius 1 is 1.00 bits per heavy atom. The first kappa shape index (κ1) is 12.5. The van der Waals surface area contributed by atoms with Gasteiger partial charge in [0.1, 0.15) is 0 Å². The molecule has 3 saturated carbocycles. The van der Waals surface area contributed by atoms with Crippen LogP contribution in [-0.2, 0) is 0 Å². The number of hydrogen-bond donors (Lipinski definition) is 0. The zero-order valence-corrected chi connectivity index (χ0v) is 13.3. The predicted octanol–water partition coefficient (Wildman–Crippen LogP) is 5.59. The molecule has 0 bridgehead atoms. The minimum Gasteiger partial charge on any atom is -0.0847 e. The molecule has 3 fully saturated rings. The van der Waals surface area contributed by atoms with Crippen molar-refractivity contribution in [1.29, 1.82) is 0 Å². The van der Waals surface area contributed by atoms with Crippen LogP contribution in [0.5, 0.6) is 0 Å². The maximum absolute atomic E-state index is 2.68. The third-order valence-electron chi connectivity index (χ3n) is 7.73. The van der Waals surface area contributed by atoms with E-state index in [4.69, 9.17) is 0 Å². The van der Waals surface area contributed by atoms with Crippen molar-refractivity contribution < 1.29 is 0 Å². The molecule has 106 valence electrons. The Bertz CT molecular complexity index is 443. The van der Waals surface area contributed by atoms with Crippen molar-refractivity contribution in [1.82, 2.24) is 0 Å². The molecule has 0 aromatic carbocycles. The van der Waals surface area contributed by atoms with E-state index < -0.39 is 0 Å². The summed E-state index contributed by atoms with van der Waals surface area (Å²) in [4.78, 5) is 0. The summed E-state index contributed by atoms with van der Waals surface area (Å²) < 4.78 is 0. The Hall–Kier alpha value is -0.260. The summed E-state index contributed by atoms with van der Waals surface area (Å²) in [6, 6.07) is 0. The van der Waals surface area contributed by atoms with Crippen molar-refractivity contribution in [2.24, 2.45) is 34.0 Å². The summed E-state index contributed by atoms with van der Waals surface area (Å²) >= 11 is 0. The van der Waals surface area contributed by atoms with Gasteiger partial charge in [-0.1, -0.05) is 39.3 Å². The summed E-state index contributed by atoms with van der Waals surface area (Å²) in [6.07, 6.45) is 12.9. The van der Waals surface area contributed by atoms with E-state index in [2.05, 4.69) is 33.8 Å². The molecular weight excluding hydrogens is 228 g/mol. The van der Waals surface area contributed by atoms with Crippen molar-refractivity contribution in [3.05, 3.63) is 11.6 Å². The Morgan fingerprint density at radius 3 is 2.58 bits per heavy atom. The van der Waals surface area contributed by atoms with E-state index in [1.54, 1.807) is 0 Å². The van der Waals surface area contributed by atoms with Gasteiger partial charge in [-0.15, -0.1) is 0 Å². The Labute approximate surface area is 119 Å². The summed E-state index contributed by atoms with van der Waals surface area (Å²) in [7, 11) is 0. The van der Waals surface area contributed by atoms with Gasteiger partial charge in [0.05, 0.1) is 0 Å². The van der Waals surface area contributed by atoms with Gasteiger partial charge in [0.15, 0.2) is 0 Å². The fraction of sp³-hybridized carbons (Fsp3) is 0.895. The maximum atomic E-state index is 2.68. The maximum Gasteiger partial charge on any atom is -0.0146 e. The standard InChI is InChI=1S/C19H30/c1-17(2)9-8-15-13(11-17)5-6-16-18(15,3)10-7-14-12-19(14,16)4/h5,14-16H,6-12H2,1-4H3/t14-,15+,16+,18+,19+/m1/s1. The lowest BCUT2D eigenvalue weighted by Gasteiger charge is -2.56. The highest BCUT2D eigenvalue weighted by Gasteiger charge is 2.65. The van der Waals surface area contributed by atoms with Gasteiger partial charge in [0.2, 0.25) is 0 Å². The van der Waals surface area contributed by atoms with Crippen molar-refractivity contribution in [2.45, 2.75) is 72.6 Å². The molecule has 0 aromatic rings. The monoisotopic (exact) mass is 258 g/mol. The molecule has 0 spiro atoms. The molecular formula is C19H30. The summed E-state index contributed by atoms with van der Waals surface area (Å²) in [6.45, 7) is 10.2. The van der Waals surface area contributed by atoms with Crippen LogP contribution in [0.2, 0.25) is 0 Å². The number of hydrogen-bond acceptors (Lipinski definition) is 0. The SMILES string of the molecule is CC1(C)CC[C@H]2C(=CC[C@@H]3[C@@]4(C)C[C@H]4CC[C@]32C)C1. The Morgan fingerprint density at radius 2 is 1.79 bits per heavy atom. The average Bonchev–Trinajstić information content (AvgIpc) is 2.98. The minimum absolute atomic E-state index is 0.562. The lowest BCUT2D eigenvalue weighted by Crippen LogP contribution is -2.47. The Balaban J connectivity index is 1.70. The van der Waals surface area contributed by atoms with Gasteiger partial charge in [0.25, 0.3) is 0 Å². The molecule has 0 amide bonds. The molecule has 0 aromatic heterocycles. The van der Waals surface area contributed by atoms with Crippen LogP contribution in [0.15, 0.2) is 11.6 Å². The molecule has 0 unspecified atom stereocenters. The van der Waals surface area contributed by atoms with Crippen molar-refractivity contribution >= 4 is 0 Å². The van der Waals surface area contributed by atoms with Gasteiger partial charge in [-0.2, -0.15) is 0 Å². The van der Waals surface area contributed by atoms with E-state index in [-0.39, 0.29) is 0 Å². The highest BCUT2D eigenvalue weighted by atomic mass is 14.7. The second-order valence-corrected chi connectivity index (χ2v) is 9.45. The van der Waals surface area contributed by atoms with E-state index in [0.717, 1.165) is 23.2 Å². The molecule has 0 nitrogen and oxygen atoms in total. The van der Waals surface area contributed by atoms with Gasteiger partial charge >= 0.3 is 0 Å². The highest BCUT2D eigenvalue weighted by Crippen LogP contribution is 2.73. The molecule has 4 aliphatic carbocycles. The summed E-state index contributed by atoms with van der Waals surface area (Å²) in [5.41, 5.74) is 3.77. The second-order valence-electron chi connectivity index (χ2n) is 9.45. The second kappa shape index (κ2) is 3.49. The quantitative estimate of drug-likeness (QED) is 0.497. The number of rotatable bonds is 0. The third-order valence-corrected chi connectivity index (χ3v) is 7.73. The van der Waals surface area contributed by atoms with E-state index in [1.165, 1.54) is 44.9 Å². The fourth-order valence-corrected chi connectivity index (χ4v) is 6.42. The lowest BCUT2D eigenvalue weighted by atomic mass is 9.49. The largest absolute Gasteiger partial charge is 0.0847 e. The smallest absolute Gasteiger partial charge is 0.0146 e. The van der Waals surface area contributed by atoms with E-state index in [0.29, 0.717) is 10.8 Å². The molecule has 5 atom stereocenters. The lowest BCUT2D eigenvalue weighted by molar-refractivity contribution is -0.0145. The first-order valence-electron chi connectivity index (χ1n) is 8.54. The third kappa shape index (κ3) is 1.58. The van der Waals surface area contributed by atoms with Gasteiger partial charge in [-0.25, -0.2) is 0 Å². The van der Waals surface area contributed by atoms with Crippen LogP contribution in [0.1, 0.15) is 72.6 Å². The van der Waals surface area contributed by atoms with Crippen LogP contribution in [-0.4, -0.2) is 0 Å². The van der Waals surface area contributed by atoms with Crippen LogP contribution >= 0.6 is 0 Å². The van der Waals surface area contributed by atoms with E-state index >= 15 is 0 Å². The number of allylic oxidation sites excluding steroid dienone is 2. The normalized spacial score (nSPS) is 54.5. The number of fused-ring (bicyclic) bond motifs is 5. The molecule has 0 radical (unpaired) electrons. The molecule has 0 heteroatoms. The van der Waals surface area contributed by atoms with Crippen LogP contribution in [0.3, 0.4) is 0 Å².